The third kappa shape index (κ3) is 70.0. The summed E-state index contributed by atoms with van der Waals surface area (Å²) in [7, 11) is -5.99. The minimum Gasteiger partial charge on any atom is 0 e. The molecule has 54 heavy (non-hydrogen) atoms. The molecule has 0 fully saturated rings. The standard InChI is InChI=1S/2C5H8F6NO2P.C4H5F6O3P.C4H11O2P.CO.Co/c2*1-12-15(13-2-4(6,7)8)14-3-5(9,10)11;5-3(6,7)1-12-14(11)13-2-4(8,9)10;1-3-5-7-6-4-2;1-2;/h2*12H,2-3H2,1H3;14H,1-2H2;7H,3-4H2,1-2H3;;. The molecule has 0 aromatic carbocycles. The second kappa shape index (κ2) is 35.1. The summed E-state index contributed by atoms with van der Waals surface area (Å²) in [6.45, 7) is -0.524. The van der Waals surface area contributed by atoms with Gasteiger partial charge in [0.2, 0.25) is 0 Å². The molecule has 0 saturated carbocycles. The van der Waals surface area contributed by atoms with E-state index in [1.165, 1.54) is 0 Å². The predicted molar refractivity (Wildman–Crippen MR) is 148 cm³/mol. The Labute approximate surface area is 310 Å². The fourth-order valence-corrected chi connectivity index (χ4v) is 4.03. The van der Waals surface area contributed by atoms with Crippen molar-refractivity contribution in [3.8, 4) is 0 Å². The third-order valence-corrected chi connectivity index (χ3v) is 6.62. The largest absolute Gasteiger partial charge is 0 e. The fourth-order valence-electron chi connectivity index (χ4n) is 1.34. The van der Waals surface area contributed by atoms with E-state index >= 15 is 0 Å². The van der Waals surface area contributed by atoms with Crippen LogP contribution >= 0.6 is 34.3 Å². The normalized spacial score (nSPS) is 12.4. The molecule has 0 atom stereocenters. The quantitative estimate of drug-likeness (QED) is 0.0448. The van der Waals surface area contributed by atoms with E-state index in [1.807, 2.05) is 13.8 Å². The maximum absolute atomic E-state index is 11.6. The summed E-state index contributed by atoms with van der Waals surface area (Å²) in [4.78, 5) is 0. The van der Waals surface area contributed by atoms with Crippen LogP contribution in [0.5, 0.6) is 0 Å². The van der Waals surface area contributed by atoms with Crippen molar-refractivity contribution in [3.05, 3.63) is 6.65 Å². The Balaban J connectivity index is -0.000000143. The van der Waals surface area contributed by atoms with Crippen LogP contribution in [0.15, 0.2) is 0 Å². The third-order valence-electron chi connectivity index (χ3n) is 2.86. The smallest absolute Gasteiger partial charge is 0 e. The number of hydrogen-bond donors (Lipinski definition) is 2. The summed E-state index contributed by atoms with van der Waals surface area (Å²) in [6, 6.07) is 0. The van der Waals surface area contributed by atoms with Gasteiger partial charge in [-0.2, -0.15) is 79.0 Å². The first-order valence-corrected chi connectivity index (χ1v) is 17.0. The van der Waals surface area contributed by atoms with Gasteiger partial charge in [-0.3, -0.25) is 14.7 Å². The maximum Gasteiger partial charge on any atom is 0 e. The first-order valence-electron chi connectivity index (χ1n) is 12.6. The number of nitrogens with one attached hydrogen (secondary N) is 2. The second-order valence-corrected chi connectivity index (χ2v) is 12.3. The van der Waals surface area contributed by atoms with Crippen molar-refractivity contribution in [3.63, 3.8) is 0 Å². The molecule has 0 amide bonds. The molecule has 0 spiro atoms. The summed E-state index contributed by atoms with van der Waals surface area (Å²) in [6.07, 6.45) is -27.9. The molecule has 0 aliphatic carbocycles. The molecule has 0 aromatic rings. The van der Waals surface area contributed by atoms with Crippen LogP contribution in [0.2, 0.25) is 0 Å². The van der Waals surface area contributed by atoms with Crippen molar-refractivity contribution in [2.75, 3.05) is 67.0 Å². The second-order valence-electron chi connectivity index (χ2n) is 7.52. The molecule has 0 aliphatic heterocycles. The number of hydrogen-bond acceptors (Lipinski definition) is 11. The van der Waals surface area contributed by atoms with Crippen LogP contribution in [-0.2, 0) is 62.2 Å². The molecule has 0 bridgehead atoms. The monoisotopic (exact) mass is 973 g/mol. The predicted octanol–water partition coefficient (Wildman–Crippen LogP) is 9.24. The van der Waals surface area contributed by atoms with Crippen molar-refractivity contribution >= 4 is 34.3 Å². The zero-order valence-electron chi connectivity index (χ0n) is 27.3. The van der Waals surface area contributed by atoms with Gasteiger partial charge in [0, 0.05) is 16.8 Å². The van der Waals surface area contributed by atoms with Crippen LogP contribution in [0.4, 0.5) is 79.0 Å². The Hall–Kier alpha value is 0.106. The van der Waals surface area contributed by atoms with Crippen LogP contribution in [0.1, 0.15) is 13.8 Å². The van der Waals surface area contributed by atoms with Gasteiger partial charge in [0.1, 0.15) is 0 Å². The Morgan fingerprint density at radius 1 is 0.519 bits per heavy atom. The molecule has 0 heterocycles. The molecule has 12 nitrogen and oxygen atoms in total. The number of alkyl halides is 18. The zero-order valence-corrected chi connectivity index (χ0v) is 32.1. The van der Waals surface area contributed by atoms with Crippen molar-refractivity contribution in [2.24, 2.45) is 0 Å². The summed E-state index contributed by atoms with van der Waals surface area (Å²) in [5.41, 5.74) is 0. The Bertz CT molecular complexity index is 804. The molecule has 1 radical (unpaired) electrons. The van der Waals surface area contributed by atoms with E-state index in [4.69, 9.17) is 13.7 Å². The molecule has 0 rings (SSSR count). The van der Waals surface area contributed by atoms with Gasteiger partial charge < -0.3 is 36.2 Å². The van der Waals surface area contributed by atoms with E-state index in [0.717, 1.165) is 27.3 Å². The van der Waals surface area contributed by atoms with Gasteiger partial charge in [0.15, 0.2) is 48.7 Å². The van der Waals surface area contributed by atoms with Gasteiger partial charge in [-0.15, -0.1) is 0 Å². The zero-order chi connectivity index (χ0) is 43.2. The average Bonchev–Trinajstić information content (AvgIpc) is 2.99. The van der Waals surface area contributed by atoms with Crippen LogP contribution in [-0.4, -0.2) is 104 Å². The molecule has 333 valence electrons. The van der Waals surface area contributed by atoms with Crippen LogP contribution in [0, 0.1) is 6.65 Å². The topological polar surface area (TPSA) is 135 Å². The van der Waals surface area contributed by atoms with E-state index in [2.05, 4.69) is 44.0 Å². The fraction of sp³-hybridized carbons (Fsp3) is 0.947. The SMILES string of the molecule is CCOPOCC.CNP(OCC(F)(F)F)OCC(F)(F)F.CNP(OCC(F)(F)F)OCC(F)(F)F.O=[PH](OCC(F)(F)F)OCC(F)(F)F.[C-]#[O+].[Co]. The molecule has 0 unspecified atom stereocenters. The average molecular weight is 973 g/mol. The summed E-state index contributed by atoms with van der Waals surface area (Å²) in [5, 5.41) is 4.14. The maximum atomic E-state index is 11.6. The molecular formula is C19H32CoF18N2O10P4. The van der Waals surface area contributed by atoms with Gasteiger partial charge in [0.25, 0.3) is 17.1 Å². The van der Waals surface area contributed by atoms with Crippen LogP contribution in [0.3, 0.4) is 0 Å². The Kier molecular flexibility index (Phi) is 42.8. The van der Waals surface area contributed by atoms with Crippen LogP contribution < -0.4 is 10.2 Å². The van der Waals surface area contributed by atoms with E-state index in [0.29, 0.717) is 0 Å². The molecule has 2 N–H and O–H groups in total. The molecule has 0 saturated heterocycles. The number of halogens is 18. The molecule has 0 aliphatic rings. The minimum absolute atomic E-state index is 0. The van der Waals surface area contributed by atoms with E-state index in [-0.39, 0.29) is 25.8 Å². The van der Waals surface area contributed by atoms with Gasteiger partial charge in [-0.05, 0) is 27.9 Å². The van der Waals surface area contributed by atoms with Crippen molar-refractivity contribution < 1.29 is 141 Å². The first-order chi connectivity index (χ1) is 23.8. The van der Waals surface area contributed by atoms with Gasteiger partial charge in [0.05, 0.1) is 13.2 Å². The molecule has 35 heteroatoms. The summed E-state index contributed by atoms with van der Waals surface area (Å²) >= 11 is 0. The molecular weight excluding hydrogens is 941 g/mol. The summed E-state index contributed by atoms with van der Waals surface area (Å²) in [5.74, 6) is 0. The van der Waals surface area contributed by atoms with Crippen LogP contribution in [0.25, 0.3) is 0 Å². The van der Waals surface area contributed by atoms with E-state index in [9.17, 15) is 83.6 Å². The van der Waals surface area contributed by atoms with Gasteiger partial charge in [-0.1, -0.05) is 0 Å². The Morgan fingerprint density at radius 2 is 0.722 bits per heavy atom. The number of rotatable bonds is 18. The van der Waals surface area contributed by atoms with E-state index < -0.39 is 102 Å². The first kappa shape index (κ1) is 65.9. The molecule has 0 aromatic heterocycles. The Morgan fingerprint density at radius 3 is 0.870 bits per heavy atom. The van der Waals surface area contributed by atoms with Crippen molar-refractivity contribution in [1.29, 1.82) is 0 Å². The van der Waals surface area contributed by atoms with Gasteiger partial charge in [-0.25, -0.2) is 0 Å². The van der Waals surface area contributed by atoms with E-state index in [1.54, 1.807) is 0 Å². The van der Waals surface area contributed by atoms with Crippen molar-refractivity contribution in [2.45, 2.75) is 50.9 Å². The van der Waals surface area contributed by atoms with Gasteiger partial charge >= 0.3 is 56.6 Å². The summed E-state index contributed by atoms with van der Waals surface area (Å²) < 4.78 is 258. The minimum atomic E-state index is -4.75. The van der Waals surface area contributed by atoms with Crippen molar-refractivity contribution in [1.82, 2.24) is 10.2 Å².